The predicted molar refractivity (Wildman–Crippen MR) is 87.9 cm³/mol. The Kier molecular flexibility index (Phi) is 4.52. The van der Waals surface area contributed by atoms with Crippen molar-refractivity contribution in [1.29, 1.82) is 0 Å². The fourth-order valence-corrected chi connectivity index (χ4v) is 3.74. The smallest absolute Gasteiger partial charge is 0.158 e. The van der Waals surface area contributed by atoms with E-state index in [9.17, 15) is 8.42 Å². The normalized spacial score (nSPS) is 12.3. The van der Waals surface area contributed by atoms with Crippen LogP contribution in [-0.4, -0.2) is 8.42 Å². The van der Waals surface area contributed by atoms with E-state index in [0.29, 0.717) is 0 Å². The van der Waals surface area contributed by atoms with Gasteiger partial charge in [-0.3, -0.25) is 0 Å². The summed E-state index contributed by atoms with van der Waals surface area (Å²) in [5.74, 6) is 0.182. The molecular formula is C18H22O2S. The van der Waals surface area contributed by atoms with Crippen LogP contribution in [0.5, 0.6) is 0 Å². The molecule has 0 radical (unpaired) electrons. The van der Waals surface area contributed by atoms with Crippen LogP contribution < -0.4 is 0 Å². The first kappa shape index (κ1) is 15.8. The second-order valence-corrected chi connectivity index (χ2v) is 8.53. The van der Waals surface area contributed by atoms with Gasteiger partial charge in [-0.2, -0.15) is 0 Å². The van der Waals surface area contributed by atoms with E-state index in [1.54, 1.807) is 0 Å². The lowest BCUT2D eigenvalue weighted by Gasteiger charge is -2.19. The molecule has 0 bridgehead atoms. The first-order chi connectivity index (χ1) is 9.76. The molecule has 0 aliphatic carbocycles. The summed E-state index contributed by atoms with van der Waals surface area (Å²) >= 11 is 0. The van der Waals surface area contributed by atoms with Crippen molar-refractivity contribution in [3.05, 3.63) is 71.3 Å². The number of benzene rings is 2. The summed E-state index contributed by atoms with van der Waals surface area (Å²) in [6.45, 7) is 6.44. The molecule has 0 aliphatic heterocycles. The van der Waals surface area contributed by atoms with Crippen LogP contribution in [0.25, 0.3) is 0 Å². The standard InChI is InChI=1S/C18H22O2S/c1-18(2,3)17-11-9-16(10-12-17)14-21(19,20)13-15-7-5-4-6-8-15/h4-12H,13-14H2,1-3H3. The summed E-state index contributed by atoms with van der Waals surface area (Å²) < 4.78 is 24.5. The summed E-state index contributed by atoms with van der Waals surface area (Å²) in [6.07, 6.45) is 0. The molecule has 0 atom stereocenters. The van der Waals surface area contributed by atoms with Gasteiger partial charge in [-0.05, 0) is 22.1 Å². The van der Waals surface area contributed by atoms with Gasteiger partial charge in [-0.1, -0.05) is 75.4 Å². The minimum Gasteiger partial charge on any atom is -0.228 e. The highest BCUT2D eigenvalue weighted by Crippen LogP contribution is 2.23. The third-order valence-electron chi connectivity index (χ3n) is 3.44. The van der Waals surface area contributed by atoms with Crippen molar-refractivity contribution in [2.75, 3.05) is 0 Å². The van der Waals surface area contributed by atoms with Gasteiger partial charge in [0, 0.05) is 0 Å². The van der Waals surface area contributed by atoms with E-state index in [-0.39, 0.29) is 16.9 Å². The molecule has 2 aromatic carbocycles. The average molecular weight is 302 g/mol. The molecule has 0 aromatic heterocycles. The van der Waals surface area contributed by atoms with Gasteiger partial charge in [0.1, 0.15) is 0 Å². The molecule has 0 N–H and O–H groups in total. The summed E-state index contributed by atoms with van der Waals surface area (Å²) in [7, 11) is -3.14. The summed E-state index contributed by atoms with van der Waals surface area (Å²) in [4.78, 5) is 0. The van der Waals surface area contributed by atoms with Crippen LogP contribution in [0.3, 0.4) is 0 Å². The van der Waals surface area contributed by atoms with Gasteiger partial charge < -0.3 is 0 Å². The second-order valence-electron chi connectivity index (χ2n) is 6.46. The molecule has 112 valence electrons. The first-order valence-electron chi connectivity index (χ1n) is 7.10. The van der Waals surface area contributed by atoms with Crippen LogP contribution in [-0.2, 0) is 26.8 Å². The van der Waals surface area contributed by atoms with E-state index in [2.05, 4.69) is 20.8 Å². The molecule has 0 heterocycles. The Labute approximate surface area is 127 Å². The molecule has 0 fully saturated rings. The van der Waals surface area contributed by atoms with Crippen molar-refractivity contribution in [3.63, 3.8) is 0 Å². The Bertz CT molecular complexity index is 678. The topological polar surface area (TPSA) is 34.1 Å². The van der Waals surface area contributed by atoms with Gasteiger partial charge in [-0.15, -0.1) is 0 Å². The maximum absolute atomic E-state index is 12.3. The van der Waals surface area contributed by atoms with Gasteiger partial charge >= 0.3 is 0 Å². The second kappa shape index (κ2) is 6.02. The third-order valence-corrected chi connectivity index (χ3v) is 4.98. The van der Waals surface area contributed by atoms with Crippen molar-refractivity contribution in [2.24, 2.45) is 0 Å². The number of sulfone groups is 1. The van der Waals surface area contributed by atoms with Gasteiger partial charge in [0.15, 0.2) is 9.84 Å². The summed E-state index contributed by atoms with van der Waals surface area (Å²) in [5.41, 5.74) is 2.98. The zero-order valence-electron chi connectivity index (χ0n) is 12.8. The first-order valence-corrected chi connectivity index (χ1v) is 8.92. The minimum absolute atomic E-state index is 0.0848. The van der Waals surface area contributed by atoms with E-state index in [4.69, 9.17) is 0 Å². The van der Waals surface area contributed by atoms with Gasteiger partial charge in [-0.25, -0.2) is 8.42 Å². The zero-order valence-corrected chi connectivity index (χ0v) is 13.7. The van der Waals surface area contributed by atoms with Crippen LogP contribution in [0, 0.1) is 0 Å². The summed E-state index contributed by atoms with van der Waals surface area (Å²) in [5, 5.41) is 0. The molecule has 0 aliphatic rings. The summed E-state index contributed by atoms with van der Waals surface area (Å²) in [6, 6.07) is 17.2. The van der Waals surface area contributed by atoms with E-state index in [1.807, 2.05) is 54.6 Å². The molecule has 2 nitrogen and oxygen atoms in total. The Morgan fingerprint density at radius 2 is 1.24 bits per heavy atom. The largest absolute Gasteiger partial charge is 0.228 e. The zero-order chi connectivity index (χ0) is 15.5. The lowest BCUT2D eigenvalue weighted by atomic mass is 9.87. The monoisotopic (exact) mass is 302 g/mol. The molecule has 2 rings (SSSR count). The quantitative estimate of drug-likeness (QED) is 0.852. The average Bonchev–Trinajstić information content (AvgIpc) is 2.38. The molecule has 0 spiro atoms. The fourth-order valence-electron chi connectivity index (χ4n) is 2.23. The van der Waals surface area contributed by atoms with Crippen LogP contribution in [0.1, 0.15) is 37.5 Å². The van der Waals surface area contributed by atoms with Crippen molar-refractivity contribution >= 4 is 9.84 Å². The maximum atomic E-state index is 12.3. The van der Waals surface area contributed by atoms with E-state index in [1.165, 1.54) is 5.56 Å². The van der Waals surface area contributed by atoms with Crippen molar-refractivity contribution in [1.82, 2.24) is 0 Å². The Hall–Kier alpha value is -1.61. The van der Waals surface area contributed by atoms with Crippen LogP contribution in [0.4, 0.5) is 0 Å². The molecular weight excluding hydrogens is 280 g/mol. The van der Waals surface area contributed by atoms with E-state index in [0.717, 1.165) is 11.1 Å². The van der Waals surface area contributed by atoms with Gasteiger partial charge in [0.05, 0.1) is 11.5 Å². The number of hydrogen-bond acceptors (Lipinski definition) is 2. The highest BCUT2D eigenvalue weighted by Gasteiger charge is 2.16. The predicted octanol–water partition coefficient (Wildman–Crippen LogP) is 4.10. The van der Waals surface area contributed by atoms with E-state index < -0.39 is 9.84 Å². The van der Waals surface area contributed by atoms with Crippen molar-refractivity contribution in [3.8, 4) is 0 Å². The molecule has 3 heteroatoms. The third kappa shape index (κ3) is 4.71. The Morgan fingerprint density at radius 3 is 1.71 bits per heavy atom. The molecule has 2 aromatic rings. The molecule has 0 saturated heterocycles. The number of hydrogen-bond donors (Lipinski definition) is 0. The van der Waals surface area contributed by atoms with E-state index >= 15 is 0 Å². The molecule has 21 heavy (non-hydrogen) atoms. The molecule has 0 amide bonds. The maximum Gasteiger partial charge on any atom is 0.158 e. The highest BCUT2D eigenvalue weighted by atomic mass is 32.2. The van der Waals surface area contributed by atoms with Crippen LogP contribution in [0.15, 0.2) is 54.6 Å². The number of rotatable bonds is 4. The molecule has 0 saturated carbocycles. The van der Waals surface area contributed by atoms with Gasteiger partial charge in [0.2, 0.25) is 0 Å². The van der Waals surface area contributed by atoms with Crippen LogP contribution in [0.2, 0.25) is 0 Å². The molecule has 0 unspecified atom stereocenters. The Morgan fingerprint density at radius 1 is 0.762 bits per heavy atom. The lowest BCUT2D eigenvalue weighted by Crippen LogP contribution is -2.11. The van der Waals surface area contributed by atoms with Crippen molar-refractivity contribution < 1.29 is 8.42 Å². The highest BCUT2D eigenvalue weighted by molar-refractivity contribution is 7.89. The SMILES string of the molecule is CC(C)(C)c1ccc(CS(=O)(=O)Cc2ccccc2)cc1. The van der Waals surface area contributed by atoms with Gasteiger partial charge in [0.25, 0.3) is 0 Å². The minimum atomic E-state index is -3.14. The fraction of sp³-hybridized carbons (Fsp3) is 0.333. The van der Waals surface area contributed by atoms with Crippen molar-refractivity contribution in [2.45, 2.75) is 37.7 Å². The Balaban J connectivity index is 2.10. The lowest BCUT2D eigenvalue weighted by molar-refractivity contribution is 0.589. The van der Waals surface area contributed by atoms with Crippen LogP contribution >= 0.6 is 0 Å².